The van der Waals surface area contributed by atoms with Gasteiger partial charge in [0.1, 0.15) is 8.07 Å². The summed E-state index contributed by atoms with van der Waals surface area (Å²) in [7, 11) is -2.03. The van der Waals surface area contributed by atoms with Gasteiger partial charge in [-0.25, -0.2) is 15.0 Å². The van der Waals surface area contributed by atoms with Crippen molar-refractivity contribution in [2.75, 3.05) is 0 Å². The Kier molecular flexibility index (Phi) is 8.62. The number of rotatable bonds is 7. The highest BCUT2D eigenvalue weighted by Gasteiger charge is 2.41. The quantitative estimate of drug-likeness (QED) is 0.153. The number of benzene rings is 7. The fourth-order valence-corrected chi connectivity index (χ4v) is 11.6. The van der Waals surface area contributed by atoms with E-state index in [9.17, 15) is 0 Å². The molecule has 3 heterocycles. The lowest BCUT2D eigenvalue weighted by Crippen LogP contribution is -2.50. The Hall–Kier alpha value is -7.01. The number of nitrogens with zero attached hydrogens (tertiary/aromatic N) is 3. The monoisotopic (exact) mass is 745 g/mol. The van der Waals surface area contributed by atoms with Crippen molar-refractivity contribution in [2.24, 2.45) is 0 Å². The van der Waals surface area contributed by atoms with E-state index in [1.807, 2.05) is 6.07 Å². The Morgan fingerprint density at radius 3 is 1.39 bits per heavy atom. The summed E-state index contributed by atoms with van der Waals surface area (Å²) in [6.07, 6.45) is 0. The number of hydrogen-bond donors (Lipinski definition) is 0. The number of pyridine rings is 1. The van der Waals surface area contributed by atoms with Crippen molar-refractivity contribution >= 4 is 18.4 Å². The van der Waals surface area contributed by atoms with E-state index in [0.717, 1.165) is 78.7 Å². The largest absolute Gasteiger partial charge is 0.248 e. The molecule has 4 heteroatoms. The van der Waals surface area contributed by atoms with Gasteiger partial charge in [-0.05, 0) is 79.6 Å². The second-order valence-electron chi connectivity index (χ2n) is 15.3. The lowest BCUT2D eigenvalue weighted by molar-refractivity contribution is 1.20. The molecule has 9 aromatic rings. The van der Waals surface area contributed by atoms with Gasteiger partial charge in [-0.1, -0.05) is 183 Å². The summed E-state index contributed by atoms with van der Waals surface area (Å²) in [5.41, 5.74) is 16.4. The molecule has 0 saturated heterocycles. The minimum Gasteiger partial charge on any atom is -0.248 e. The van der Waals surface area contributed by atoms with E-state index in [2.05, 4.69) is 207 Å². The van der Waals surface area contributed by atoms with Crippen LogP contribution in [-0.2, 0) is 0 Å². The zero-order chi connectivity index (χ0) is 38.3. The van der Waals surface area contributed by atoms with Crippen LogP contribution in [0.4, 0.5) is 0 Å². The molecule has 0 N–H and O–H groups in total. The fraction of sp³-hybridized carbons (Fsp3) is 0.0377. The first-order chi connectivity index (χ1) is 28.0. The van der Waals surface area contributed by atoms with Gasteiger partial charge in [0, 0.05) is 22.3 Å². The van der Waals surface area contributed by atoms with Crippen LogP contribution >= 0.6 is 0 Å². The lowest BCUT2D eigenvalue weighted by atomic mass is 9.95. The average Bonchev–Trinajstić information content (AvgIpc) is 3.52. The maximum Gasteiger partial charge on any atom is 0.160 e. The summed E-state index contributed by atoms with van der Waals surface area (Å²) in [4.78, 5) is 15.9. The van der Waals surface area contributed by atoms with Gasteiger partial charge >= 0.3 is 0 Å². The van der Waals surface area contributed by atoms with Crippen LogP contribution in [0, 0.1) is 0 Å². The molecule has 1 aliphatic heterocycles. The van der Waals surface area contributed by atoms with Crippen molar-refractivity contribution < 1.29 is 0 Å². The molecule has 1 aliphatic rings. The second-order valence-corrected chi connectivity index (χ2v) is 19.5. The van der Waals surface area contributed by atoms with E-state index >= 15 is 0 Å². The third kappa shape index (κ3) is 6.40. The average molecular weight is 746 g/mol. The van der Waals surface area contributed by atoms with E-state index in [1.54, 1.807) is 0 Å². The van der Waals surface area contributed by atoms with Gasteiger partial charge in [-0.2, -0.15) is 0 Å². The molecule has 7 aromatic carbocycles. The van der Waals surface area contributed by atoms with Crippen LogP contribution in [0.25, 0.3) is 89.8 Å². The molecule has 0 unspecified atom stereocenters. The predicted molar refractivity (Wildman–Crippen MR) is 240 cm³/mol. The Bertz CT molecular complexity index is 2860. The molecule has 0 atom stereocenters. The highest BCUT2D eigenvalue weighted by Crippen LogP contribution is 2.36. The SMILES string of the molecule is C[Si]1(C)c2ccccc2-c2nc(-c3cccc(-c4cccc(-c5cccc(-c6cc(-c7ccccc7)cc(-c7ccccc7)n6)c5)c4)c3)nc(-c3ccccc3)c21. The first-order valence-corrected chi connectivity index (χ1v) is 22.5. The van der Waals surface area contributed by atoms with Gasteiger partial charge in [0.25, 0.3) is 0 Å². The maximum absolute atomic E-state index is 5.37. The van der Waals surface area contributed by atoms with E-state index in [1.165, 1.54) is 21.5 Å². The number of fused-ring (bicyclic) bond motifs is 3. The smallest absolute Gasteiger partial charge is 0.160 e. The summed E-state index contributed by atoms with van der Waals surface area (Å²) in [6.45, 7) is 4.85. The highest BCUT2D eigenvalue weighted by molar-refractivity contribution is 7.04. The van der Waals surface area contributed by atoms with Gasteiger partial charge in [0.15, 0.2) is 5.82 Å². The van der Waals surface area contributed by atoms with E-state index < -0.39 is 8.07 Å². The highest BCUT2D eigenvalue weighted by atomic mass is 28.3. The molecule has 0 bridgehead atoms. The van der Waals surface area contributed by atoms with Gasteiger partial charge in [-0.3, -0.25) is 0 Å². The Balaban J connectivity index is 1.03. The Morgan fingerprint density at radius 2 is 0.754 bits per heavy atom. The molecule has 0 spiro atoms. The van der Waals surface area contributed by atoms with Crippen molar-refractivity contribution in [1.82, 2.24) is 15.0 Å². The predicted octanol–water partition coefficient (Wildman–Crippen LogP) is 12.3. The molecule has 0 radical (unpaired) electrons. The van der Waals surface area contributed by atoms with Crippen molar-refractivity contribution in [3.63, 3.8) is 0 Å². The van der Waals surface area contributed by atoms with E-state index in [-0.39, 0.29) is 0 Å². The molecule has 270 valence electrons. The van der Waals surface area contributed by atoms with Crippen LogP contribution in [0.1, 0.15) is 0 Å². The first-order valence-electron chi connectivity index (χ1n) is 19.5. The zero-order valence-electron chi connectivity index (χ0n) is 31.9. The number of hydrogen-bond acceptors (Lipinski definition) is 3. The van der Waals surface area contributed by atoms with Gasteiger partial charge < -0.3 is 0 Å². The topological polar surface area (TPSA) is 38.7 Å². The van der Waals surface area contributed by atoms with Crippen LogP contribution in [0.2, 0.25) is 13.1 Å². The van der Waals surface area contributed by atoms with Crippen molar-refractivity contribution in [3.8, 4) is 89.8 Å². The standard InChI is InChI=1S/C53H39N3Si/c1-57(2)49-30-13-12-29-46(49)51-52(57)50(38-21-10-5-11-22-38)55-53(56-51)44-28-16-26-42(33-44)40-24-14-23-39(31-40)41-25-15-27-43(32-41)48-35-45(36-17-6-3-7-18-36)34-47(54-48)37-19-8-4-9-20-37/h3-35H,1-2H3. The van der Waals surface area contributed by atoms with Crippen LogP contribution in [-0.4, -0.2) is 23.0 Å². The molecule has 10 rings (SSSR count). The van der Waals surface area contributed by atoms with E-state index in [0.29, 0.717) is 0 Å². The lowest BCUT2D eigenvalue weighted by Gasteiger charge is -2.21. The molecular weight excluding hydrogens is 707 g/mol. The third-order valence-corrected chi connectivity index (χ3v) is 14.8. The summed E-state index contributed by atoms with van der Waals surface area (Å²) < 4.78 is 0. The van der Waals surface area contributed by atoms with Crippen molar-refractivity contribution in [1.29, 1.82) is 0 Å². The van der Waals surface area contributed by atoms with Crippen molar-refractivity contribution in [3.05, 3.63) is 200 Å². The summed E-state index contributed by atoms with van der Waals surface area (Å²) >= 11 is 0. The van der Waals surface area contributed by atoms with Crippen LogP contribution in [0.3, 0.4) is 0 Å². The number of aromatic nitrogens is 3. The molecule has 0 saturated carbocycles. The van der Waals surface area contributed by atoms with Crippen LogP contribution in [0.5, 0.6) is 0 Å². The molecule has 57 heavy (non-hydrogen) atoms. The Labute approximate surface area is 335 Å². The minimum absolute atomic E-state index is 0.750. The van der Waals surface area contributed by atoms with Crippen molar-refractivity contribution in [2.45, 2.75) is 13.1 Å². The zero-order valence-corrected chi connectivity index (χ0v) is 32.9. The van der Waals surface area contributed by atoms with Gasteiger partial charge in [0.2, 0.25) is 0 Å². The molecular formula is C53H39N3Si. The molecule has 0 aliphatic carbocycles. The summed E-state index contributed by atoms with van der Waals surface area (Å²) in [6, 6.07) is 71.0. The molecule has 0 fully saturated rings. The van der Waals surface area contributed by atoms with E-state index in [4.69, 9.17) is 15.0 Å². The summed E-state index contributed by atoms with van der Waals surface area (Å²) in [5.74, 6) is 0.750. The van der Waals surface area contributed by atoms with Gasteiger partial charge in [-0.15, -0.1) is 0 Å². The van der Waals surface area contributed by atoms with Gasteiger partial charge in [0.05, 0.1) is 22.8 Å². The summed E-state index contributed by atoms with van der Waals surface area (Å²) in [5, 5.41) is 2.75. The first kappa shape index (κ1) is 34.5. The second kappa shape index (κ2) is 14.2. The van der Waals surface area contributed by atoms with Crippen LogP contribution in [0.15, 0.2) is 200 Å². The fourth-order valence-electron chi connectivity index (χ4n) is 8.36. The minimum atomic E-state index is -2.03. The normalized spacial score (nSPS) is 12.5. The molecule has 0 amide bonds. The Morgan fingerprint density at radius 1 is 0.316 bits per heavy atom. The maximum atomic E-state index is 5.37. The molecule has 3 nitrogen and oxygen atoms in total. The molecule has 2 aromatic heterocycles. The van der Waals surface area contributed by atoms with Crippen LogP contribution < -0.4 is 10.4 Å². The third-order valence-electron chi connectivity index (χ3n) is 11.2.